The zero-order valence-corrected chi connectivity index (χ0v) is 11.3. The Kier molecular flexibility index (Phi) is 4.41. The summed E-state index contributed by atoms with van der Waals surface area (Å²) in [7, 11) is 0. The number of nitrogens with two attached hydrogens (primary N) is 1. The molecule has 7 N–H and O–H groups in total. The third kappa shape index (κ3) is 2.56. The Labute approximate surface area is 123 Å². The van der Waals surface area contributed by atoms with Crippen LogP contribution in [0.25, 0.3) is 0 Å². The van der Waals surface area contributed by atoms with E-state index >= 15 is 0 Å². The van der Waals surface area contributed by atoms with Crippen LogP contribution in [0.4, 0.5) is 0 Å². The van der Waals surface area contributed by atoms with Crippen molar-refractivity contribution in [2.45, 2.75) is 49.0 Å². The van der Waals surface area contributed by atoms with E-state index in [9.17, 15) is 30.0 Å². The summed E-state index contributed by atoms with van der Waals surface area (Å²) >= 11 is 0. The van der Waals surface area contributed by atoms with Crippen LogP contribution in [0.1, 0.15) is 12.8 Å². The topological polar surface area (TPSA) is 189 Å². The summed E-state index contributed by atoms with van der Waals surface area (Å²) in [5, 5.41) is 49.2. The summed E-state index contributed by atoms with van der Waals surface area (Å²) in [6.45, 7) is -0.895. The van der Waals surface area contributed by atoms with Gasteiger partial charge in [0.2, 0.25) is 0 Å². The highest BCUT2D eigenvalue weighted by Crippen LogP contribution is 2.39. The number of ether oxygens (including phenoxy) is 3. The van der Waals surface area contributed by atoms with Crippen molar-refractivity contribution in [2.75, 3.05) is 6.61 Å². The first-order valence-electron chi connectivity index (χ1n) is 6.44. The molecule has 2 saturated heterocycles. The molecule has 0 spiro atoms. The summed E-state index contributed by atoms with van der Waals surface area (Å²) in [5.74, 6) is -9.01. The fraction of sp³-hybridized carbons (Fsp3) is 0.818. The average molecular weight is 323 g/mol. The number of esters is 2. The average Bonchev–Trinajstić information content (AvgIpc) is 2.49. The van der Waals surface area contributed by atoms with E-state index in [-0.39, 0.29) is 6.42 Å². The molecule has 11 heteroatoms. The van der Waals surface area contributed by atoms with Gasteiger partial charge in [0, 0.05) is 6.42 Å². The third-order valence-corrected chi connectivity index (χ3v) is 3.52. The minimum Gasteiger partial charge on any atom is -0.420 e. The van der Waals surface area contributed by atoms with Crippen LogP contribution >= 0.6 is 0 Å². The summed E-state index contributed by atoms with van der Waals surface area (Å²) < 4.78 is 13.8. The summed E-state index contributed by atoms with van der Waals surface area (Å²) in [6.07, 6.45) is -6.50. The molecule has 0 bridgehead atoms. The van der Waals surface area contributed by atoms with Crippen molar-refractivity contribution >= 4 is 11.9 Å². The van der Waals surface area contributed by atoms with Gasteiger partial charge in [-0.05, 0) is 6.42 Å². The Hall–Kier alpha value is -1.34. The lowest BCUT2D eigenvalue weighted by Crippen LogP contribution is -2.75. The molecule has 2 aliphatic heterocycles. The maximum atomic E-state index is 11.7. The Morgan fingerprint density at radius 1 is 1.23 bits per heavy atom. The number of carbonyl (C=O) groups is 2. The van der Waals surface area contributed by atoms with Gasteiger partial charge >= 0.3 is 23.7 Å². The molecule has 0 amide bonds. The molecule has 22 heavy (non-hydrogen) atoms. The Morgan fingerprint density at radius 3 is 2.45 bits per heavy atom. The van der Waals surface area contributed by atoms with E-state index in [0.717, 1.165) is 0 Å². The molecule has 2 heterocycles. The second-order valence-electron chi connectivity index (χ2n) is 5.09. The first kappa shape index (κ1) is 17.0. The molecule has 126 valence electrons. The minimum absolute atomic E-state index is 0.202. The maximum Gasteiger partial charge on any atom is 0.399 e. The lowest BCUT2D eigenvalue weighted by atomic mass is 9.94. The van der Waals surface area contributed by atoms with Gasteiger partial charge in [-0.15, -0.1) is 0 Å². The highest BCUT2D eigenvalue weighted by atomic mass is 16.9. The standard InChI is InChI=1S/C11H17NO10/c12-4-1-2-6(14)21-10(18)8(16)7(15)5(3-13)20-11(10,19)22-9(4)17/h4-5,7-8,13,15-16,18-19H,1-3,12H2/t4-,5-,7-,8+,10+,11?/m1/s1. The molecule has 0 aromatic heterocycles. The van der Waals surface area contributed by atoms with Gasteiger partial charge in [-0.3, -0.25) is 9.59 Å². The van der Waals surface area contributed by atoms with Gasteiger partial charge in [-0.1, -0.05) is 0 Å². The van der Waals surface area contributed by atoms with E-state index in [1.807, 2.05) is 0 Å². The number of aliphatic hydroxyl groups excluding tert-OH is 3. The number of hydrogen-bond donors (Lipinski definition) is 6. The van der Waals surface area contributed by atoms with Crippen LogP contribution in [0.15, 0.2) is 0 Å². The minimum atomic E-state index is -3.35. The summed E-state index contributed by atoms with van der Waals surface area (Å²) in [5.41, 5.74) is 5.44. The number of rotatable bonds is 1. The van der Waals surface area contributed by atoms with E-state index in [4.69, 9.17) is 15.6 Å². The van der Waals surface area contributed by atoms with Crippen LogP contribution in [0.2, 0.25) is 0 Å². The largest absolute Gasteiger partial charge is 0.420 e. The van der Waals surface area contributed by atoms with Crippen molar-refractivity contribution in [3.05, 3.63) is 0 Å². The van der Waals surface area contributed by atoms with Gasteiger partial charge in [-0.25, -0.2) is 0 Å². The Morgan fingerprint density at radius 2 is 1.86 bits per heavy atom. The lowest BCUT2D eigenvalue weighted by Gasteiger charge is -2.49. The molecule has 2 fully saturated rings. The highest BCUT2D eigenvalue weighted by molar-refractivity contribution is 5.78. The van der Waals surface area contributed by atoms with Crippen molar-refractivity contribution in [1.82, 2.24) is 0 Å². The first-order chi connectivity index (χ1) is 10.1. The fourth-order valence-electron chi connectivity index (χ4n) is 2.18. The monoisotopic (exact) mass is 323 g/mol. The molecular formula is C11H17NO10. The van der Waals surface area contributed by atoms with Gasteiger partial charge in [0.1, 0.15) is 18.2 Å². The molecule has 1 unspecified atom stereocenters. The molecule has 0 aliphatic carbocycles. The normalized spacial score (nSPS) is 46.6. The predicted octanol–water partition coefficient (Wildman–Crippen LogP) is -4.36. The van der Waals surface area contributed by atoms with E-state index < -0.39 is 61.1 Å². The summed E-state index contributed by atoms with van der Waals surface area (Å²) in [4.78, 5) is 23.4. The molecule has 0 saturated carbocycles. The predicted molar refractivity (Wildman–Crippen MR) is 63.3 cm³/mol. The molecule has 6 atom stereocenters. The van der Waals surface area contributed by atoms with Gasteiger partial charge in [0.15, 0.2) is 6.10 Å². The Balaban J connectivity index is 2.46. The van der Waals surface area contributed by atoms with Crippen LogP contribution in [-0.2, 0) is 23.8 Å². The van der Waals surface area contributed by atoms with E-state index in [2.05, 4.69) is 9.47 Å². The second kappa shape index (κ2) is 5.70. The van der Waals surface area contributed by atoms with E-state index in [1.54, 1.807) is 0 Å². The van der Waals surface area contributed by atoms with Gasteiger partial charge in [-0.2, -0.15) is 0 Å². The number of aliphatic hydroxyl groups is 5. The molecule has 0 aromatic rings. The van der Waals surface area contributed by atoms with Crippen LogP contribution in [-0.4, -0.2) is 80.2 Å². The second-order valence-corrected chi connectivity index (χ2v) is 5.09. The van der Waals surface area contributed by atoms with Gasteiger partial charge in [0.25, 0.3) is 0 Å². The van der Waals surface area contributed by atoms with Crippen LogP contribution in [0, 0.1) is 0 Å². The maximum absolute atomic E-state index is 11.7. The Bertz CT molecular complexity index is 472. The van der Waals surface area contributed by atoms with Gasteiger partial charge < -0.3 is 45.5 Å². The highest BCUT2D eigenvalue weighted by Gasteiger charge is 2.70. The quantitative estimate of drug-likeness (QED) is 0.256. The molecular weight excluding hydrogens is 306 g/mol. The zero-order chi connectivity index (χ0) is 16.7. The van der Waals surface area contributed by atoms with Crippen molar-refractivity contribution in [3.63, 3.8) is 0 Å². The van der Waals surface area contributed by atoms with E-state index in [1.165, 1.54) is 0 Å². The van der Waals surface area contributed by atoms with Crippen LogP contribution < -0.4 is 5.73 Å². The van der Waals surface area contributed by atoms with Crippen LogP contribution in [0.3, 0.4) is 0 Å². The van der Waals surface area contributed by atoms with Crippen LogP contribution in [0.5, 0.6) is 0 Å². The molecule has 2 aliphatic rings. The van der Waals surface area contributed by atoms with E-state index in [0.29, 0.717) is 0 Å². The number of fused-ring (bicyclic) bond motifs is 1. The van der Waals surface area contributed by atoms with Crippen molar-refractivity contribution in [1.29, 1.82) is 0 Å². The smallest absolute Gasteiger partial charge is 0.399 e. The van der Waals surface area contributed by atoms with Gasteiger partial charge in [0.05, 0.1) is 6.61 Å². The molecule has 0 radical (unpaired) electrons. The molecule has 2 rings (SSSR count). The first-order valence-corrected chi connectivity index (χ1v) is 6.44. The number of hydrogen-bond acceptors (Lipinski definition) is 11. The zero-order valence-electron chi connectivity index (χ0n) is 11.3. The molecule has 11 nitrogen and oxygen atoms in total. The fourth-order valence-corrected chi connectivity index (χ4v) is 2.18. The molecule has 0 aromatic carbocycles. The summed E-state index contributed by atoms with van der Waals surface area (Å²) in [6, 6.07) is -1.32. The van der Waals surface area contributed by atoms with Crippen molar-refractivity contribution < 1.29 is 49.3 Å². The van der Waals surface area contributed by atoms with Crippen molar-refractivity contribution in [3.8, 4) is 0 Å². The lowest BCUT2D eigenvalue weighted by molar-refractivity contribution is -0.511. The van der Waals surface area contributed by atoms with Crippen molar-refractivity contribution in [2.24, 2.45) is 5.73 Å². The SMILES string of the molecule is N[C@@H]1CCC(=O)O[C@@]2(O)[C@@H](O)[C@H](O)[C@@H](CO)OC2(O)OC1=O. The number of carbonyl (C=O) groups excluding carboxylic acids is 2. The third-order valence-electron chi connectivity index (χ3n) is 3.52.